The van der Waals surface area contributed by atoms with Crippen molar-refractivity contribution in [2.24, 2.45) is 0 Å². The molecule has 34 heavy (non-hydrogen) atoms. The number of hydrogen-bond acceptors (Lipinski definition) is 5. The quantitative estimate of drug-likeness (QED) is 0.590. The van der Waals surface area contributed by atoms with Crippen LogP contribution in [0.3, 0.4) is 0 Å². The van der Waals surface area contributed by atoms with Crippen LogP contribution in [0.2, 0.25) is 0 Å². The zero-order valence-corrected chi connectivity index (χ0v) is 19.3. The molecule has 0 N–H and O–H groups in total. The van der Waals surface area contributed by atoms with E-state index in [9.17, 15) is 9.18 Å². The number of amides is 1. The average Bonchev–Trinajstić information content (AvgIpc) is 3.46. The molecule has 7 nitrogen and oxygen atoms in total. The first kappa shape index (κ1) is 20.4. The lowest BCUT2D eigenvalue weighted by atomic mass is 10.0. The van der Waals surface area contributed by atoms with Gasteiger partial charge in [0.05, 0.1) is 24.3 Å². The maximum Gasteiger partial charge on any atom is 0.258 e. The lowest BCUT2D eigenvalue weighted by molar-refractivity contribution is 0.0622. The third-order valence-electron chi connectivity index (χ3n) is 8.22. The van der Waals surface area contributed by atoms with Gasteiger partial charge in [0, 0.05) is 36.1 Å². The fourth-order valence-corrected chi connectivity index (χ4v) is 6.11. The van der Waals surface area contributed by atoms with Crippen molar-refractivity contribution in [3.05, 3.63) is 58.8 Å². The molecular weight excluding hydrogens is 433 g/mol. The molecule has 4 aliphatic rings. The summed E-state index contributed by atoms with van der Waals surface area (Å²) in [5, 5.41) is 4.72. The second-order valence-corrected chi connectivity index (χ2v) is 10.4. The summed E-state index contributed by atoms with van der Waals surface area (Å²) in [6, 6.07) is 5.27. The Bertz CT molecular complexity index is 1290. The van der Waals surface area contributed by atoms with E-state index in [-0.39, 0.29) is 17.8 Å². The molecule has 3 fully saturated rings. The van der Waals surface area contributed by atoms with Crippen LogP contribution in [-0.2, 0) is 13.1 Å². The monoisotopic (exact) mass is 461 g/mol. The number of ether oxygens (including phenoxy) is 1. The Morgan fingerprint density at radius 2 is 1.91 bits per heavy atom. The highest BCUT2D eigenvalue weighted by molar-refractivity contribution is 5.97. The molecule has 7 rings (SSSR count). The van der Waals surface area contributed by atoms with Gasteiger partial charge >= 0.3 is 0 Å². The van der Waals surface area contributed by atoms with Crippen LogP contribution in [0.4, 0.5) is 4.39 Å². The fraction of sp³-hybridized carbons (Fsp3) is 0.500. The van der Waals surface area contributed by atoms with Gasteiger partial charge in [0.2, 0.25) is 0 Å². The third kappa shape index (κ3) is 3.30. The minimum absolute atomic E-state index is 0.00639. The fourth-order valence-electron chi connectivity index (χ4n) is 6.11. The Morgan fingerprint density at radius 1 is 1.12 bits per heavy atom. The lowest BCUT2D eigenvalue weighted by Crippen LogP contribution is -2.44. The van der Waals surface area contributed by atoms with Crippen LogP contribution < -0.4 is 4.74 Å². The molecule has 176 valence electrons. The van der Waals surface area contributed by atoms with Gasteiger partial charge in [0.1, 0.15) is 17.7 Å². The zero-order chi connectivity index (χ0) is 23.0. The Morgan fingerprint density at radius 3 is 2.68 bits per heavy atom. The summed E-state index contributed by atoms with van der Waals surface area (Å²) >= 11 is 0. The van der Waals surface area contributed by atoms with Gasteiger partial charge in [0.15, 0.2) is 5.65 Å². The summed E-state index contributed by atoms with van der Waals surface area (Å²) in [6.07, 6.45) is 10.7. The molecule has 1 aliphatic carbocycles. The highest BCUT2D eigenvalue weighted by atomic mass is 19.1. The molecule has 1 aromatic carbocycles. The van der Waals surface area contributed by atoms with Gasteiger partial charge in [-0.2, -0.15) is 5.10 Å². The molecular formula is C26H28FN5O2. The summed E-state index contributed by atoms with van der Waals surface area (Å²) in [5.41, 5.74) is 4.33. The predicted octanol–water partition coefficient (Wildman–Crippen LogP) is 3.91. The van der Waals surface area contributed by atoms with Crippen molar-refractivity contribution in [1.29, 1.82) is 0 Å². The summed E-state index contributed by atoms with van der Waals surface area (Å²) in [7, 11) is 2.18. The van der Waals surface area contributed by atoms with Crippen molar-refractivity contribution in [3.63, 3.8) is 0 Å². The molecule has 1 saturated carbocycles. The minimum atomic E-state index is -0.388. The number of carbonyl (C=O) groups excluding carboxylic acids is 1. The number of benzene rings is 1. The second-order valence-electron chi connectivity index (χ2n) is 10.4. The summed E-state index contributed by atoms with van der Waals surface area (Å²) in [5.74, 6) is 0.424. The van der Waals surface area contributed by atoms with Crippen LogP contribution in [-0.4, -0.2) is 55.5 Å². The molecule has 1 amide bonds. The normalized spacial score (nSPS) is 26.3. The van der Waals surface area contributed by atoms with E-state index in [1.807, 2.05) is 10.7 Å². The van der Waals surface area contributed by atoms with Crippen molar-refractivity contribution in [3.8, 4) is 5.75 Å². The Hall–Kier alpha value is -3.00. The van der Waals surface area contributed by atoms with Crippen molar-refractivity contribution in [2.45, 2.75) is 75.7 Å². The lowest BCUT2D eigenvalue weighted by Gasteiger charge is -2.36. The van der Waals surface area contributed by atoms with E-state index in [1.54, 1.807) is 11.0 Å². The van der Waals surface area contributed by atoms with Crippen LogP contribution in [0.5, 0.6) is 5.75 Å². The van der Waals surface area contributed by atoms with Crippen molar-refractivity contribution in [2.75, 3.05) is 7.05 Å². The van der Waals surface area contributed by atoms with Gasteiger partial charge in [-0.3, -0.25) is 4.79 Å². The average molecular weight is 462 g/mol. The molecule has 2 aromatic heterocycles. The Kier molecular flexibility index (Phi) is 4.50. The predicted molar refractivity (Wildman–Crippen MR) is 123 cm³/mol. The second kappa shape index (κ2) is 7.50. The smallest absolute Gasteiger partial charge is 0.258 e. The standard InChI is InChI=1S/C26H28FN5O2/c1-30-18-5-6-19(30)10-20(9-18)34-24-8-17(27)4-7-21(24)26(33)31-13-22-23(14-31)29-32-12-16(15-2-3-15)11-28-25(22)32/h4,7-8,11-12,15,18-20H,2-3,5-6,9-10,13-14H2,1H3/t18-,19+,20?. The van der Waals surface area contributed by atoms with Gasteiger partial charge < -0.3 is 14.5 Å². The first-order chi connectivity index (χ1) is 16.5. The van der Waals surface area contributed by atoms with Crippen molar-refractivity contribution < 1.29 is 13.9 Å². The van der Waals surface area contributed by atoms with Crippen LogP contribution in [0.25, 0.3) is 5.65 Å². The van der Waals surface area contributed by atoms with Crippen LogP contribution >= 0.6 is 0 Å². The largest absolute Gasteiger partial charge is 0.489 e. The van der Waals surface area contributed by atoms with Crippen LogP contribution in [0.15, 0.2) is 30.6 Å². The third-order valence-corrected chi connectivity index (χ3v) is 8.22. The highest BCUT2D eigenvalue weighted by Crippen LogP contribution is 2.40. The molecule has 0 spiro atoms. The summed E-state index contributed by atoms with van der Waals surface area (Å²) in [4.78, 5) is 22.4. The van der Waals surface area contributed by atoms with Crippen molar-refractivity contribution in [1.82, 2.24) is 24.4 Å². The minimum Gasteiger partial charge on any atom is -0.489 e. The molecule has 1 unspecified atom stereocenters. The number of carbonyl (C=O) groups is 1. The molecule has 3 aromatic rings. The number of halogens is 1. The van der Waals surface area contributed by atoms with Gasteiger partial charge in [-0.25, -0.2) is 13.9 Å². The number of hydrogen-bond donors (Lipinski definition) is 0. The van der Waals surface area contributed by atoms with Gasteiger partial charge in [-0.1, -0.05) is 0 Å². The summed E-state index contributed by atoms with van der Waals surface area (Å²) in [6.45, 7) is 0.869. The maximum absolute atomic E-state index is 14.2. The van der Waals surface area contributed by atoms with E-state index in [1.165, 1.54) is 43.4 Å². The van der Waals surface area contributed by atoms with Gasteiger partial charge in [-0.15, -0.1) is 0 Å². The number of piperidine rings is 1. The molecule has 5 heterocycles. The topological polar surface area (TPSA) is 63.0 Å². The SMILES string of the molecule is CN1[C@@H]2CC[C@H]1CC(Oc1cc(F)ccc1C(=O)N1Cc3nn4cc(C5CC5)cnc4c3C1)C2. The number of fused-ring (bicyclic) bond motifs is 5. The van der Waals surface area contributed by atoms with E-state index in [0.29, 0.717) is 42.4 Å². The Balaban J connectivity index is 1.12. The first-order valence-corrected chi connectivity index (χ1v) is 12.4. The highest BCUT2D eigenvalue weighted by Gasteiger charge is 2.40. The van der Waals surface area contributed by atoms with Gasteiger partial charge in [0.25, 0.3) is 5.91 Å². The van der Waals surface area contributed by atoms with E-state index in [2.05, 4.69) is 23.1 Å². The first-order valence-electron chi connectivity index (χ1n) is 12.4. The molecule has 3 atom stereocenters. The molecule has 0 radical (unpaired) electrons. The van der Waals surface area contributed by atoms with Crippen LogP contribution in [0, 0.1) is 5.82 Å². The number of rotatable bonds is 4. The Labute approximate surface area is 197 Å². The number of nitrogens with zero attached hydrogens (tertiary/aromatic N) is 5. The zero-order valence-electron chi connectivity index (χ0n) is 19.3. The number of aromatic nitrogens is 3. The van der Waals surface area contributed by atoms with Crippen molar-refractivity contribution >= 4 is 11.6 Å². The maximum atomic E-state index is 14.2. The van der Waals surface area contributed by atoms with Gasteiger partial charge in [-0.05, 0) is 69.2 Å². The molecule has 3 aliphatic heterocycles. The molecule has 2 bridgehead atoms. The molecule has 2 saturated heterocycles. The summed E-state index contributed by atoms with van der Waals surface area (Å²) < 4.78 is 22.3. The molecule has 8 heteroatoms. The van der Waals surface area contributed by atoms with E-state index in [0.717, 1.165) is 29.7 Å². The van der Waals surface area contributed by atoms with E-state index >= 15 is 0 Å². The van der Waals surface area contributed by atoms with E-state index < -0.39 is 0 Å². The van der Waals surface area contributed by atoms with Crippen LogP contribution in [0.1, 0.15) is 71.6 Å². The van der Waals surface area contributed by atoms with E-state index in [4.69, 9.17) is 9.84 Å².